The van der Waals surface area contributed by atoms with Gasteiger partial charge in [0.1, 0.15) is 11.9 Å². The lowest BCUT2D eigenvalue weighted by atomic mass is 10.1. The van der Waals surface area contributed by atoms with Gasteiger partial charge in [0.25, 0.3) is 0 Å². The zero-order valence-corrected chi connectivity index (χ0v) is 15.8. The predicted octanol–water partition coefficient (Wildman–Crippen LogP) is 0.652. The summed E-state index contributed by atoms with van der Waals surface area (Å²) in [6, 6.07) is -1.000. The average molecular weight is 375 g/mol. The number of amides is 2. The third kappa shape index (κ3) is 4.26. The van der Waals surface area contributed by atoms with E-state index < -0.39 is 12.0 Å². The molecular weight excluding hydrogens is 350 g/mol. The number of aryl methyl sites for hydroxylation is 1. The largest absolute Gasteiger partial charge is 0.464 e. The minimum absolute atomic E-state index is 0.0370. The highest BCUT2D eigenvalue weighted by atomic mass is 16.5. The molecule has 1 atom stereocenters. The van der Waals surface area contributed by atoms with Crippen LogP contribution < -0.4 is 15.5 Å². The van der Waals surface area contributed by atoms with Gasteiger partial charge < -0.3 is 20.3 Å². The maximum absolute atomic E-state index is 12.1. The first-order chi connectivity index (χ1) is 13.0. The van der Waals surface area contributed by atoms with Gasteiger partial charge in [-0.3, -0.25) is 4.40 Å². The third-order valence-electron chi connectivity index (χ3n) is 4.60. The highest BCUT2D eigenvalue weighted by molar-refractivity contribution is 5.83. The van der Waals surface area contributed by atoms with Gasteiger partial charge in [-0.25, -0.2) is 14.6 Å². The van der Waals surface area contributed by atoms with Crippen LogP contribution in [-0.4, -0.2) is 63.4 Å². The molecule has 10 heteroatoms. The Morgan fingerprint density at radius 3 is 2.78 bits per heavy atom. The van der Waals surface area contributed by atoms with Crippen LogP contribution in [0, 0.1) is 6.92 Å². The molecule has 3 rings (SSSR count). The smallest absolute Gasteiger partial charge is 0.328 e. The van der Waals surface area contributed by atoms with Gasteiger partial charge in [0.15, 0.2) is 5.82 Å². The fourth-order valence-corrected chi connectivity index (χ4v) is 3.14. The first-order valence-electron chi connectivity index (χ1n) is 9.14. The van der Waals surface area contributed by atoms with E-state index in [-0.39, 0.29) is 18.7 Å². The van der Waals surface area contributed by atoms with Crippen molar-refractivity contribution in [3.05, 3.63) is 18.2 Å². The average Bonchev–Trinajstić information content (AvgIpc) is 3.04. The number of ether oxygens (including phenoxy) is 1. The van der Waals surface area contributed by atoms with Crippen molar-refractivity contribution in [1.82, 2.24) is 30.2 Å². The Bertz CT molecular complexity index is 814. The molecule has 0 unspecified atom stereocenters. The van der Waals surface area contributed by atoms with Gasteiger partial charge in [0.2, 0.25) is 5.65 Å². The van der Waals surface area contributed by atoms with Crippen LogP contribution in [0.3, 0.4) is 0 Å². The van der Waals surface area contributed by atoms with Gasteiger partial charge in [-0.1, -0.05) is 0 Å². The molecule has 2 N–H and O–H groups in total. The van der Waals surface area contributed by atoms with Crippen molar-refractivity contribution < 1.29 is 14.3 Å². The van der Waals surface area contributed by atoms with Gasteiger partial charge in [0.05, 0.1) is 6.61 Å². The summed E-state index contributed by atoms with van der Waals surface area (Å²) in [5, 5.41) is 13.8. The fourth-order valence-electron chi connectivity index (χ4n) is 3.14. The van der Waals surface area contributed by atoms with Gasteiger partial charge in [-0.15, -0.1) is 10.2 Å². The lowest BCUT2D eigenvalue weighted by Gasteiger charge is -2.33. The molecule has 3 heterocycles. The lowest BCUT2D eigenvalue weighted by molar-refractivity contribution is -0.144. The molecule has 0 radical (unpaired) electrons. The fraction of sp³-hybridized carbons (Fsp3) is 0.588. The van der Waals surface area contributed by atoms with Crippen LogP contribution in [0.4, 0.5) is 10.6 Å². The maximum atomic E-state index is 12.1. The van der Waals surface area contributed by atoms with E-state index in [1.165, 1.54) is 0 Å². The normalized spacial score (nSPS) is 16.2. The molecule has 2 amide bonds. The van der Waals surface area contributed by atoms with Crippen molar-refractivity contribution in [2.24, 2.45) is 0 Å². The van der Waals surface area contributed by atoms with Crippen LogP contribution in [0.1, 0.15) is 32.5 Å². The van der Waals surface area contributed by atoms with Crippen molar-refractivity contribution in [3.63, 3.8) is 0 Å². The van der Waals surface area contributed by atoms with E-state index in [0.29, 0.717) is 0 Å². The van der Waals surface area contributed by atoms with E-state index in [9.17, 15) is 9.59 Å². The molecule has 146 valence electrons. The number of nitrogens with one attached hydrogen (secondary N) is 2. The number of hydrogen-bond acceptors (Lipinski definition) is 7. The Labute approximate surface area is 157 Å². The van der Waals surface area contributed by atoms with E-state index in [1.54, 1.807) is 20.0 Å². The molecule has 10 nitrogen and oxygen atoms in total. The van der Waals surface area contributed by atoms with Crippen LogP contribution in [-0.2, 0) is 9.53 Å². The van der Waals surface area contributed by atoms with E-state index in [4.69, 9.17) is 4.74 Å². The van der Waals surface area contributed by atoms with Crippen molar-refractivity contribution in [2.75, 3.05) is 24.6 Å². The Morgan fingerprint density at radius 1 is 1.33 bits per heavy atom. The van der Waals surface area contributed by atoms with E-state index in [1.807, 2.05) is 17.5 Å². The number of carbonyl (C=O) groups excluding carboxylic acids is 2. The molecule has 27 heavy (non-hydrogen) atoms. The molecule has 1 aliphatic heterocycles. The van der Waals surface area contributed by atoms with Crippen molar-refractivity contribution in [2.45, 2.75) is 45.7 Å². The van der Waals surface area contributed by atoms with E-state index in [2.05, 4.69) is 30.7 Å². The number of aromatic nitrogens is 4. The number of rotatable bonds is 5. The zero-order chi connectivity index (χ0) is 19.4. The number of carbonyl (C=O) groups is 2. The predicted molar refractivity (Wildman–Crippen MR) is 98.5 cm³/mol. The number of urea groups is 1. The number of esters is 1. The van der Waals surface area contributed by atoms with Crippen molar-refractivity contribution in [3.8, 4) is 0 Å². The maximum Gasteiger partial charge on any atom is 0.328 e. The summed E-state index contributed by atoms with van der Waals surface area (Å²) >= 11 is 0. The van der Waals surface area contributed by atoms with Crippen LogP contribution in [0.15, 0.2) is 12.4 Å². The summed E-state index contributed by atoms with van der Waals surface area (Å²) in [4.78, 5) is 30.3. The lowest BCUT2D eigenvalue weighted by Crippen LogP contribution is -2.51. The van der Waals surface area contributed by atoms with Crippen LogP contribution in [0.25, 0.3) is 5.65 Å². The minimum atomic E-state index is -0.678. The van der Waals surface area contributed by atoms with Gasteiger partial charge in [-0.05, 0) is 33.6 Å². The van der Waals surface area contributed by atoms with Gasteiger partial charge in [-0.2, -0.15) is 0 Å². The monoisotopic (exact) mass is 375 g/mol. The molecule has 0 spiro atoms. The quantitative estimate of drug-likeness (QED) is 0.738. The van der Waals surface area contributed by atoms with Crippen molar-refractivity contribution >= 4 is 23.5 Å². The molecule has 1 aliphatic rings. The molecule has 1 saturated heterocycles. The molecule has 2 aromatic rings. The summed E-state index contributed by atoms with van der Waals surface area (Å²) in [6.45, 7) is 7.02. The van der Waals surface area contributed by atoms with E-state index >= 15 is 0 Å². The molecule has 0 aliphatic carbocycles. The summed E-state index contributed by atoms with van der Waals surface area (Å²) in [7, 11) is 0. The van der Waals surface area contributed by atoms with E-state index in [0.717, 1.165) is 43.2 Å². The minimum Gasteiger partial charge on any atom is -0.464 e. The Kier molecular flexibility index (Phi) is 5.72. The standard InChI is InChI=1S/C17H25N7O3/c1-4-27-16(25)11(2)19-17(26)20-13-5-8-23(9-6-13)14-15-22-21-12(3)24(15)10-7-18-14/h7,10-11,13H,4-6,8-9H2,1-3H3,(H2,19,20,26)/t11-/m1/s1. The topological polar surface area (TPSA) is 114 Å². The first-order valence-corrected chi connectivity index (χ1v) is 9.14. The number of piperidine rings is 1. The summed E-state index contributed by atoms with van der Waals surface area (Å²) in [5.41, 5.74) is 0.738. The van der Waals surface area contributed by atoms with Crippen molar-refractivity contribution in [1.29, 1.82) is 0 Å². The second kappa shape index (κ2) is 8.19. The third-order valence-corrected chi connectivity index (χ3v) is 4.60. The van der Waals surface area contributed by atoms with Crippen LogP contribution in [0.5, 0.6) is 0 Å². The number of hydrogen-bond donors (Lipinski definition) is 2. The molecule has 0 aromatic carbocycles. The SMILES string of the molecule is CCOC(=O)[C@@H](C)NC(=O)NC1CCN(c2nccn3c(C)nnc23)CC1. The molecular formula is C17H25N7O3. The summed E-state index contributed by atoms with van der Waals surface area (Å²) < 4.78 is 6.80. The Morgan fingerprint density at radius 2 is 2.07 bits per heavy atom. The molecule has 0 bridgehead atoms. The molecule has 2 aromatic heterocycles. The zero-order valence-electron chi connectivity index (χ0n) is 15.8. The Hall–Kier alpha value is -2.91. The molecule has 1 fully saturated rings. The summed E-state index contributed by atoms with van der Waals surface area (Å²) in [6.07, 6.45) is 5.14. The van der Waals surface area contributed by atoms with Crippen LogP contribution >= 0.6 is 0 Å². The number of fused-ring (bicyclic) bond motifs is 1. The highest BCUT2D eigenvalue weighted by Crippen LogP contribution is 2.21. The highest BCUT2D eigenvalue weighted by Gasteiger charge is 2.25. The second-order valence-electron chi connectivity index (χ2n) is 6.54. The molecule has 0 saturated carbocycles. The second-order valence-corrected chi connectivity index (χ2v) is 6.54. The van der Waals surface area contributed by atoms with Gasteiger partial charge in [0, 0.05) is 31.5 Å². The Balaban J connectivity index is 1.53. The van der Waals surface area contributed by atoms with Gasteiger partial charge >= 0.3 is 12.0 Å². The number of nitrogens with zero attached hydrogens (tertiary/aromatic N) is 5. The number of anilines is 1. The first kappa shape index (κ1) is 18.9. The summed E-state index contributed by atoms with van der Waals surface area (Å²) in [5.74, 6) is 1.18. The van der Waals surface area contributed by atoms with Crippen LogP contribution in [0.2, 0.25) is 0 Å².